The summed E-state index contributed by atoms with van der Waals surface area (Å²) in [5, 5.41) is 21.4. The highest BCUT2D eigenvalue weighted by Gasteiger charge is 2.85. The Labute approximate surface area is 135 Å². The predicted molar refractivity (Wildman–Crippen MR) is 79.5 cm³/mol. The zero-order valence-electron chi connectivity index (χ0n) is 13.7. The van der Waals surface area contributed by atoms with Crippen LogP contribution in [0.25, 0.3) is 0 Å². The highest BCUT2D eigenvalue weighted by atomic mass is 16.7. The van der Waals surface area contributed by atoms with Gasteiger partial charge in [0.1, 0.15) is 17.8 Å². The summed E-state index contributed by atoms with van der Waals surface area (Å²) in [5.74, 6) is -0.447. The number of aliphatic hydroxyl groups excluding tert-OH is 2. The molecule has 128 valence electrons. The fourth-order valence-corrected chi connectivity index (χ4v) is 5.35. The van der Waals surface area contributed by atoms with Crippen LogP contribution in [0.15, 0.2) is 11.6 Å². The molecule has 2 aliphatic heterocycles. The number of carbonyl (C=O) groups excluding carboxylic acids is 1. The molecule has 6 nitrogen and oxygen atoms in total. The third-order valence-electron chi connectivity index (χ3n) is 6.85. The van der Waals surface area contributed by atoms with Crippen molar-refractivity contribution < 1.29 is 29.2 Å². The van der Waals surface area contributed by atoms with Crippen molar-refractivity contribution in [3.05, 3.63) is 11.6 Å². The minimum Gasteiger partial charge on any atom is -0.457 e. The average Bonchev–Trinajstić information content (AvgIpc) is 3.28. The Balaban J connectivity index is 1.86. The highest BCUT2D eigenvalue weighted by molar-refractivity contribution is 5.66. The molecule has 7 atom stereocenters. The van der Waals surface area contributed by atoms with Gasteiger partial charge in [0, 0.05) is 17.8 Å². The largest absolute Gasteiger partial charge is 0.457 e. The number of allylic oxidation sites excluding steroid dienone is 1. The molecule has 3 fully saturated rings. The van der Waals surface area contributed by atoms with Crippen molar-refractivity contribution in [2.24, 2.45) is 10.8 Å². The summed E-state index contributed by atoms with van der Waals surface area (Å²) in [7, 11) is 0. The monoisotopic (exact) mass is 324 g/mol. The lowest BCUT2D eigenvalue weighted by atomic mass is 9.51. The number of aliphatic hydroxyl groups is 2. The van der Waals surface area contributed by atoms with Crippen molar-refractivity contribution in [1.82, 2.24) is 0 Å². The van der Waals surface area contributed by atoms with E-state index < -0.39 is 40.7 Å². The lowest BCUT2D eigenvalue weighted by Crippen LogP contribution is -2.66. The number of fused-ring (bicyclic) bond motifs is 2. The van der Waals surface area contributed by atoms with Crippen LogP contribution in [0.2, 0.25) is 0 Å². The van der Waals surface area contributed by atoms with Crippen LogP contribution in [0.1, 0.15) is 33.6 Å². The van der Waals surface area contributed by atoms with Crippen LogP contribution < -0.4 is 0 Å². The van der Waals surface area contributed by atoms with Gasteiger partial charge in [0.15, 0.2) is 6.10 Å². The standard InChI is InChI=1S/C17H24O6/c1-9-4-5-16(7-18)11(6-9)23-14-12(22-10(2)19)13(20)15(16,3)17(14)8-21-17/h6,11-14,18,20H,4-5,7-8H2,1-3H3/t11-,12+,13-,14-,15-,16-,17+/m0/s1. The lowest BCUT2D eigenvalue weighted by molar-refractivity contribution is -0.226. The molecule has 0 aromatic rings. The summed E-state index contributed by atoms with van der Waals surface area (Å²) in [4.78, 5) is 11.5. The second-order valence-corrected chi connectivity index (χ2v) is 7.70. The molecule has 2 saturated heterocycles. The maximum Gasteiger partial charge on any atom is 0.303 e. The van der Waals surface area contributed by atoms with Gasteiger partial charge in [-0.05, 0) is 19.8 Å². The second-order valence-electron chi connectivity index (χ2n) is 7.70. The molecule has 0 radical (unpaired) electrons. The van der Waals surface area contributed by atoms with E-state index in [9.17, 15) is 15.0 Å². The van der Waals surface area contributed by atoms with Crippen molar-refractivity contribution in [1.29, 1.82) is 0 Å². The molecule has 1 saturated carbocycles. The van der Waals surface area contributed by atoms with E-state index in [1.807, 2.05) is 19.9 Å². The number of hydrogen-bond donors (Lipinski definition) is 2. The van der Waals surface area contributed by atoms with Gasteiger partial charge in [0.05, 0.1) is 19.3 Å². The first-order valence-electron chi connectivity index (χ1n) is 8.25. The summed E-state index contributed by atoms with van der Waals surface area (Å²) in [5.41, 5.74) is -0.813. The molecule has 4 rings (SSSR count). The van der Waals surface area contributed by atoms with Gasteiger partial charge in [-0.2, -0.15) is 0 Å². The number of carbonyl (C=O) groups is 1. The van der Waals surface area contributed by atoms with E-state index in [1.165, 1.54) is 12.5 Å². The van der Waals surface area contributed by atoms with E-state index in [2.05, 4.69) is 0 Å². The Morgan fingerprint density at radius 1 is 1.52 bits per heavy atom. The van der Waals surface area contributed by atoms with Crippen molar-refractivity contribution >= 4 is 5.97 Å². The quantitative estimate of drug-likeness (QED) is 0.438. The number of epoxide rings is 1. The molecular formula is C17H24O6. The Kier molecular flexibility index (Phi) is 3.09. The van der Waals surface area contributed by atoms with Crippen LogP contribution in [0.4, 0.5) is 0 Å². The van der Waals surface area contributed by atoms with Gasteiger partial charge in [-0.3, -0.25) is 4.79 Å². The lowest BCUT2D eigenvalue weighted by Gasteiger charge is -2.57. The molecule has 1 spiro atoms. The smallest absolute Gasteiger partial charge is 0.303 e. The Bertz CT molecular complexity index is 582. The fourth-order valence-electron chi connectivity index (χ4n) is 5.35. The third kappa shape index (κ3) is 1.60. The van der Waals surface area contributed by atoms with Crippen molar-refractivity contribution in [2.45, 2.75) is 63.6 Å². The van der Waals surface area contributed by atoms with Gasteiger partial charge in [0.25, 0.3) is 0 Å². The third-order valence-corrected chi connectivity index (χ3v) is 6.85. The molecule has 0 aromatic heterocycles. The maximum atomic E-state index is 11.5. The molecule has 0 aromatic carbocycles. The van der Waals surface area contributed by atoms with Crippen molar-refractivity contribution in [2.75, 3.05) is 13.2 Å². The highest BCUT2D eigenvalue weighted by Crippen LogP contribution is 2.71. The predicted octanol–water partition coefficient (Wildman–Crippen LogP) is 0.554. The van der Waals surface area contributed by atoms with Gasteiger partial charge in [-0.1, -0.05) is 18.6 Å². The van der Waals surface area contributed by atoms with Crippen LogP contribution in [0.5, 0.6) is 0 Å². The molecule has 23 heavy (non-hydrogen) atoms. The summed E-state index contributed by atoms with van der Waals surface area (Å²) in [6.45, 7) is 5.70. The number of hydrogen-bond acceptors (Lipinski definition) is 6. The number of rotatable bonds is 2. The topological polar surface area (TPSA) is 88.5 Å². The molecule has 2 N–H and O–H groups in total. The molecule has 2 bridgehead atoms. The Hall–Kier alpha value is -0.950. The molecule has 0 amide bonds. The normalized spacial score (nSPS) is 53.7. The summed E-state index contributed by atoms with van der Waals surface area (Å²) in [6, 6.07) is 0. The van der Waals surface area contributed by atoms with Gasteiger partial charge in [-0.25, -0.2) is 0 Å². The van der Waals surface area contributed by atoms with E-state index in [-0.39, 0.29) is 12.7 Å². The van der Waals surface area contributed by atoms with E-state index >= 15 is 0 Å². The number of esters is 1. The van der Waals surface area contributed by atoms with Crippen LogP contribution in [-0.2, 0) is 19.0 Å². The zero-order valence-corrected chi connectivity index (χ0v) is 13.7. The minimum absolute atomic E-state index is 0.0976. The summed E-state index contributed by atoms with van der Waals surface area (Å²) < 4.78 is 17.5. The van der Waals surface area contributed by atoms with Gasteiger partial charge in [0.2, 0.25) is 0 Å². The average molecular weight is 324 g/mol. The molecule has 2 aliphatic carbocycles. The first kappa shape index (κ1) is 15.6. The molecule has 4 aliphatic rings. The fraction of sp³-hybridized carbons (Fsp3) is 0.824. The maximum absolute atomic E-state index is 11.5. The van der Waals surface area contributed by atoms with Crippen molar-refractivity contribution in [3.8, 4) is 0 Å². The molecule has 6 heteroatoms. The van der Waals surface area contributed by atoms with Crippen LogP contribution >= 0.6 is 0 Å². The molecule has 0 unspecified atom stereocenters. The van der Waals surface area contributed by atoms with E-state index in [0.29, 0.717) is 13.0 Å². The van der Waals surface area contributed by atoms with Gasteiger partial charge < -0.3 is 24.4 Å². The zero-order chi connectivity index (χ0) is 16.6. The SMILES string of the molecule is CC(=O)O[C@@H]1[C@H](O)[C@@]2(C)[C@]3(CO)CCC(C)=C[C@@H]3O[C@@H]1[C@]21CO1. The van der Waals surface area contributed by atoms with E-state index in [1.54, 1.807) is 0 Å². The summed E-state index contributed by atoms with van der Waals surface area (Å²) in [6.07, 6.45) is 1.12. The first-order chi connectivity index (χ1) is 10.8. The minimum atomic E-state index is -0.928. The van der Waals surface area contributed by atoms with Gasteiger partial charge in [-0.15, -0.1) is 0 Å². The Morgan fingerprint density at radius 2 is 2.22 bits per heavy atom. The molecule has 2 heterocycles. The molecular weight excluding hydrogens is 300 g/mol. The van der Waals surface area contributed by atoms with E-state index in [0.717, 1.165) is 6.42 Å². The van der Waals surface area contributed by atoms with Crippen LogP contribution in [-0.4, -0.2) is 59.4 Å². The van der Waals surface area contributed by atoms with E-state index in [4.69, 9.17) is 14.2 Å². The summed E-state index contributed by atoms with van der Waals surface area (Å²) >= 11 is 0. The second kappa shape index (κ2) is 4.57. The van der Waals surface area contributed by atoms with Crippen LogP contribution in [0.3, 0.4) is 0 Å². The Morgan fingerprint density at radius 3 is 2.78 bits per heavy atom. The van der Waals surface area contributed by atoms with Crippen LogP contribution in [0, 0.1) is 10.8 Å². The number of ether oxygens (including phenoxy) is 3. The van der Waals surface area contributed by atoms with Crippen molar-refractivity contribution in [3.63, 3.8) is 0 Å². The first-order valence-corrected chi connectivity index (χ1v) is 8.25. The van der Waals surface area contributed by atoms with Gasteiger partial charge >= 0.3 is 5.97 Å².